The van der Waals surface area contributed by atoms with Gasteiger partial charge in [-0.25, -0.2) is 4.59 Å². The highest BCUT2D eigenvalue weighted by Crippen LogP contribution is 2.22. The summed E-state index contributed by atoms with van der Waals surface area (Å²) in [7, 11) is 4.51. The molecule has 122 valence electrons. The lowest BCUT2D eigenvalue weighted by Gasteiger charge is -2.27. The first-order valence-corrected chi connectivity index (χ1v) is 8.74. The minimum Gasteiger partial charge on any atom is -0.232 e. The molecule has 1 saturated heterocycles. The van der Waals surface area contributed by atoms with Gasteiger partial charge in [0.25, 0.3) is 0 Å². The Kier molecular flexibility index (Phi) is 8.23. The highest BCUT2D eigenvalue weighted by molar-refractivity contribution is 5.24. The van der Waals surface area contributed by atoms with Gasteiger partial charge in [0, 0.05) is 7.05 Å². The van der Waals surface area contributed by atoms with E-state index in [1.165, 1.54) is 44.2 Å². The van der Waals surface area contributed by atoms with Crippen LogP contribution in [-0.4, -0.2) is 42.8 Å². The van der Waals surface area contributed by atoms with Crippen molar-refractivity contribution in [3.8, 4) is 0 Å². The van der Waals surface area contributed by atoms with Crippen LogP contribution in [0.5, 0.6) is 0 Å². The molecule has 1 fully saturated rings. The van der Waals surface area contributed by atoms with Gasteiger partial charge in [0.05, 0.1) is 13.6 Å². The third-order valence-corrected chi connectivity index (χ3v) is 4.38. The predicted octanol–water partition coefficient (Wildman–Crippen LogP) is 4.05. The second-order valence-electron chi connectivity index (χ2n) is 6.56. The number of hydrogen-bond donors (Lipinski definition) is 1. The van der Waals surface area contributed by atoms with Gasteiger partial charge in [-0.2, -0.15) is 5.01 Å². The molecule has 1 aliphatic heterocycles. The van der Waals surface area contributed by atoms with Gasteiger partial charge in [-0.3, -0.25) is 0 Å². The zero-order valence-corrected chi connectivity index (χ0v) is 14.9. The van der Waals surface area contributed by atoms with Gasteiger partial charge in [0.15, 0.2) is 0 Å². The van der Waals surface area contributed by atoms with Crippen molar-refractivity contribution in [1.82, 2.24) is 10.5 Å². The molecule has 0 aliphatic carbocycles. The molecule has 2 atom stereocenters. The Labute approximate surface area is 132 Å². The summed E-state index contributed by atoms with van der Waals surface area (Å²) >= 11 is 0. The lowest BCUT2D eigenvalue weighted by molar-refractivity contribution is -0.948. The van der Waals surface area contributed by atoms with E-state index < -0.39 is 0 Å². The van der Waals surface area contributed by atoms with Crippen molar-refractivity contribution in [1.29, 1.82) is 0 Å². The molecule has 0 amide bonds. The highest BCUT2D eigenvalue weighted by Gasteiger charge is 2.39. The molecular weight excluding hydrogens is 258 g/mol. The molecule has 2 unspecified atom stereocenters. The van der Waals surface area contributed by atoms with Crippen LogP contribution < -0.4 is 5.53 Å². The van der Waals surface area contributed by atoms with Crippen LogP contribution in [0.1, 0.15) is 59.3 Å². The lowest BCUT2D eigenvalue weighted by atomic mass is 10.0. The normalized spacial score (nSPS) is 27.9. The van der Waals surface area contributed by atoms with Crippen LogP contribution in [0.3, 0.4) is 0 Å². The van der Waals surface area contributed by atoms with Crippen LogP contribution in [0, 0.1) is 0 Å². The standard InChI is InChI=1S/C18H36N3/c1-6-9-10-11-12-15-21(5)16-18(20(4)19-21)17(13-7-2)14-8-3/h7,13-14,18-19H,6,8-12,15-16H2,1-5H3/q+1. The molecule has 3 heteroatoms. The van der Waals surface area contributed by atoms with E-state index >= 15 is 0 Å². The van der Waals surface area contributed by atoms with Crippen LogP contribution in [0.4, 0.5) is 0 Å². The van der Waals surface area contributed by atoms with Crippen molar-refractivity contribution in [3.05, 3.63) is 23.8 Å². The first-order valence-electron chi connectivity index (χ1n) is 8.74. The Morgan fingerprint density at radius 2 is 1.95 bits per heavy atom. The zero-order chi connectivity index (χ0) is 15.7. The molecule has 1 heterocycles. The maximum absolute atomic E-state index is 3.66. The first kappa shape index (κ1) is 18.4. The van der Waals surface area contributed by atoms with E-state index in [1.54, 1.807) is 0 Å². The van der Waals surface area contributed by atoms with Gasteiger partial charge in [-0.05, 0) is 31.8 Å². The van der Waals surface area contributed by atoms with Crippen LogP contribution in [0.25, 0.3) is 0 Å². The molecule has 0 aromatic carbocycles. The van der Waals surface area contributed by atoms with Crippen LogP contribution in [0.15, 0.2) is 23.8 Å². The minimum atomic E-state index is 0.488. The zero-order valence-electron chi connectivity index (χ0n) is 14.9. The Bertz CT molecular complexity index is 348. The molecule has 0 spiro atoms. The van der Waals surface area contributed by atoms with Crippen LogP contribution in [-0.2, 0) is 0 Å². The maximum Gasteiger partial charge on any atom is 0.119 e. The number of hydrazine groups is 1. The van der Waals surface area contributed by atoms with E-state index in [4.69, 9.17) is 0 Å². The molecular formula is C18H36N3+. The maximum atomic E-state index is 3.66. The number of quaternary nitrogens is 1. The summed E-state index contributed by atoms with van der Waals surface area (Å²) < 4.78 is 0.964. The predicted molar refractivity (Wildman–Crippen MR) is 92.6 cm³/mol. The molecule has 1 rings (SSSR count). The van der Waals surface area contributed by atoms with E-state index in [0.29, 0.717) is 6.04 Å². The highest BCUT2D eigenvalue weighted by atomic mass is 15.9. The summed E-state index contributed by atoms with van der Waals surface area (Å²) in [6, 6.07) is 0.488. The van der Waals surface area contributed by atoms with E-state index in [1.807, 2.05) is 0 Å². The van der Waals surface area contributed by atoms with Crippen LogP contribution in [0.2, 0.25) is 0 Å². The largest absolute Gasteiger partial charge is 0.232 e. The van der Waals surface area contributed by atoms with Crippen molar-refractivity contribution in [2.24, 2.45) is 0 Å². The average Bonchev–Trinajstić information content (AvgIpc) is 2.74. The number of allylic oxidation sites excluding steroid dienone is 2. The van der Waals surface area contributed by atoms with Crippen molar-refractivity contribution in [2.45, 2.75) is 65.3 Å². The van der Waals surface area contributed by atoms with Crippen molar-refractivity contribution in [2.75, 3.05) is 27.2 Å². The second kappa shape index (κ2) is 9.39. The summed E-state index contributed by atoms with van der Waals surface area (Å²) in [4.78, 5) is 0. The molecule has 0 aromatic heterocycles. The van der Waals surface area contributed by atoms with Crippen LogP contribution >= 0.6 is 0 Å². The van der Waals surface area contributed by atoms with Gasteiger partial charge in [0.1, 0.15) is 12.6 Å². The number of likely N-dealkylation sites (N-methyl/N-ethyl adjacent to an activating group) is 2. The molecule has 0 saturated carbocycles. The topological polar surface area (TPSA) is 15.3 Å². The Morgan fingerprint density at radius 1 is 1.24 bits per heavy atom. The van der Waals surface area contributed by atoms with Gasteiger partial charge < -0.3 is 0 Å². The van der Waals surface area contributed by atoms with Crippen molar-refractivity contribution < 1.29 is 4.59 Å². The Hall–Kier alpha value is -0.640. The molecule has 1 N–H and O–H groups in total. The summed E-state index contributed by atoms with van der Waals surface area (Å²) in [5, 5.41) is 2.30. The van der Waals surface area contributed by atoms with Gasteiger partial charge in [-0.15, -0.1) is 0 Å². The van der Waals surface area contributed by atoms with E-state index in [2.05, 4.69) is 63.6 Å². The fraction of sp³-hybridized carbons (Fsp3) is 0.778. The third kappa shape index (κ3) is 5.93. The number of nitrogens with one attached hydrogen (secondary N) is 1. The average molecular weight is 295 g/mol. The van der Waals surface area contributed by atoms with Crippen molar-refractivity contribution in [3.63, 3.8) is 0 Å². The van der Waals surface area contributed by atoms with Gasteiger partial charge >= 0.3 is 0 Å². The van der Waals surface area contributed by atoms with E-state index in [9.17, 15) is 0 Å². The number of rotatable bonds is 9. The SMILES string of the molecule is CC=CC(=CCC)C1C[N+](C)(CCCCCCC)NN1C. The summed E-state index contributed by atoms with van der Waals surface area (Å²) in [6.45, 7) is 8.97. The lowest BCUT2D eigenvalue weighted by Crippen LogP contribution is -2.53. The molecule has 1 aliphatic rings. The number of nitrogens with zero attached hydrogens (tertiary/aromatic N) is 2. The Balaban J connectivity index is 2.55. The van der Waals surface area contributed by atoms with E-state index in [0.717, 1.165) is 17.6 Å². The minimum absolute atomic E-state index is 0.488. The summed E-state index contributed by atoms with van der Waals surface area (Å²) in [5.41, 5.74) is 5.11. The van der Waals surface area contributed by atoms with Gasteiger partial charge in [-0.1, -0.05) is 56.9 Å². The fourth-order valence-electron chi connectivity index (χ4n) is 3.27. The summed E-state index contributed by atoms with van der Waals surface area (Å²) in [5.74, 6) is 0. The van der Waals surface area contributed by atoms with Crippen molar-refractivity contribution >= 4 is 0 Å². The smallest absolute Gasteiger partial charge is 0.119 e. The first-order chi connectivity index (χ1) is 10.1. The molecule has 0 aromatic rings. The molecule has 0 bridgehead atoms. The summed E-state index contributed by atoms with van der Waals surface area (Å²) in [6.07, 6.45) is 14.7. The second-order valence-corrected chi connectivity index (χ2v) is 6.56. The number of unbranched alkanes of at least 4 members (excludes halogenated alkanes) is 4. The third-order valence-electron chi connectivity index (χ3n) is 4.38. The van der Waals surface area contributed by atoms with Gasteiger partial charge in [0.2, 0.25) is 0 Å². The Morgan fingerprint density at radius 3 is 2.57 bits per heavy atom. The monoisotopic (exact) mass is 294 g/mol. The quantitative estimate of drug-likeness (QED) is 0.392. The fourth-order valence-corrected chi connectivity index (χ4v) is 3.27. The molecule has 21 heavy (non-hydrogen) atoms. The number of hydrogen-bond acceptors (Lipinski definition) is 2. The molecule has 0 radical (unpaired) electrons. The van der Waals surface area contributed by atoms with E-state index in [-0.39, 0.29) is 0 Å². The molecule has 3 nitrogen and oxygen atoms in total.